The number of rotatable bonds is 8. The smallest absolute Gasteiger partial charge is 0.307 e. The maximum Gasteiger partial charge on any atom is 0.307 e. The van der Waals surface area contributed by atoms with Gasteiger partial charge in [-0.05, 0) is 56.6 Å². The predicted molar refractivity (Wildman–Crippen MR) is 101 cm³/mol. The molecule has 0 bridgehead atoms. The van der Waals surface area contributed by atoms with Gasteiger partial charge in [-0.1, -0.05) is 24.3 Å². The van der Waals surface area contributed by atoms with E-state index in [1.54, 1.807) is 32.0 Å². The summed E-state index contributed by atoms with van der Waals surface area (Å²) in [5.74, 6) is -0.352. The Morgan fingerprint density at radius 1 is 1.08 bits per heavy atom. The molecule has 0 unspecified atom stereocenters. The maximum absolute atomic E-state index is 12.6. The number of hydrogen-bond donors (Lipinski definition) is 1. The number of carboxylic acid groups (broad SMARTS) is 1. The number of hydrogen-bond acceptors (Lipinski definition) is 4. The number of carboxylic acids is 1. The van der Waals surface area contributed by atoms with E-state index in [0.717, 1.165) is 31.2 Å². The van der Waals surface area contributed by atoms with Crippen LogP contribution in [0.5, 0.6) is 0 Å². The van der Waals surface area contributed by atoms with Gasteiger partial charge in [0.1, 0.15) is 5.78 Å². The standard InChI is InChI=1S/C20H28O5S/c1-14(2)26(24,25)13-15-6-8-18(9-7-15)19(21)11-16-4-3-5-17(10-16)12-20(22)23/h3-5,10,14-15,18H,6-9,11-13H2,1-2H3,(H,22,23). The van der Waals surface area contributed by atoms with Crippen molar-refractivity contribution in [3.8, 4) is 0 Å². The quantitative estimate of drug-likeness (QED) is 0.749. The first-order valence-corrected chi connectivity index (χ1v) is 10.9. The van der Waals surface area contributed by atoms with Crippen LogP contribution >= 0.6 is 0 Å². The van der Waals surface area contributed by atoms with E-state index in [-0.39, 0.29) is 35.0 Å². The van der Waals surface area contributed by atoms with Crippen LogP contribution in [0.15, 0.2) is 24.3 Å². The zero-order valence-electron chi connectivity index (χ0n) is 15.5. The molecule has 1 aromatic rings. The number of carbonyl (C=O) groups excluding carboxylic acids is 1. The van der Waals surface area contributed by atoms with Crippen LogP contribution in [-0.2, 0) is 32.3 Å². The lowest BCUT2D eigenvalue weighted by molar-refractivity contribution is -0.136. The zero-order chi connectivity index (χ0) is 19.3. The Labute approximate surface area is 155 Å². The van der Waals surface area contributed by atoms with Crippen molar-refractivity contribution >= 4 is 21.6 Å². The van der Waals surface area contributed by atoms with Gasteiger partial charge in [0.2, 0.25) is 0 Å². The van der Waals surface area contributed by atoms with Crippen molar-refractivity contribution in [3.05, 3.63) is 35.4 Å². The van der Waals surface area contributed by atoms with Gasteiger partial charge in [-0.25, -0.2) is 8.42 Å². The molecule has 1 aliphatic carbocycles. The molecule has 0 heterocycles. The SMILES string of the molecule is CC(C)S(=O)(=O)CC1CCC(C(=O)Cc2cccc(CC(=O)O)c2)CC1. The predicted octanol–water partition coefficient (Wildman–Crippen LogP) is 3.05. The van der Waals surface area contributed by atoms with Crippen molar-refractivity contribution in [2.45, 2.75) is 57.6 Å². The molecular formula is C20H28O5S. The topological polar surface area (TPSA) is 88.5 Å². The summed E-state index contributed by atoms with van der Waals surface area (Å²) < 4.78 is 24.1. The average molecular weight is 381 g/mol. The molecule has 6 heteroatoms. The lowest BCUT2D eigenvalue weighted by Gasteiger charge is -2.28. The molecule has 1 saturated carbocycles. The van der Waals surface area contributed by atoms with Gasteiger partial charge in [0.15, 0.2) is 9.84 Å². The molecule has 144 valence electrons. The molecule has 2 rings (SSSR count). The Morgan fingerprint density at radius 2 is 1.65 bits per heavy atom. The maximum atomic E-state index is 12.6. The Bertz CT molecular complexity index is 743. The van der Waals surface area contributed by atoms with Crippen molar-refractivity contribution in [2.24, 2.45) is 11.8 Å². The number of Topliss-reactive ketones (excluding diaryl/α,β-unsaturated/α-hetero) is 1. The first kappa shape index (κ1) is 20.6. The summed E-state index contributed by atoms with van der Waals surface area (Å²) >= 11 is 0. The molecular weight excluding hydrogens is 352 g/mol. The number of ketones is 1. The monoisotopic (exact) mass is 380 g/mol. The van der Waals surface area contributed by atoms with Gasteiger partial charge in [0, 0.05) is 12.3 Å². The molecule has 1 fully saturated rings. The second-order valence-electron chi connectivity index (χ2n) is 7.63. The summed E-state index contributed by atoms with van der Waals surface area (Å²) in [5.41, 5.74) is 1.55. The normalized spacial score (nSPS) is 20.9. The number of benzene rings is 1. The van der Waals surface area contributed by atoms with Crippen molar-refractivity contribution < 1.29 is 23.1 Å². The zero-order valence-corrected chi connectivity index (χ0v) is 16.3. The Balaban J connectivity index is 1.88. The van der Waals surface area contributed by atoms with Gasteiger partial charge in [-0.2, -0.15) is 0 Å². The minimum atomic E-state index is -3.03. The molecule has 26 heavy (non-hydrogen) atoms. The molecule has 0 radical (unpaired) electrons. The largest absolute Gasteiger partial charge is 0.481 e. The highest BCUT2D eigenvalue weighted by atomic mass is 32.2. The van der Waals surface area contributed by atoms with E-state index >= 15 is 0 Å². The molecule has 0 spiro atoms. The fourth-order valence-electron chi connectivity index (χ4n) is 3.54. The van der Waals surface area contributed by atoms with Gasteiger partial charge in [0.25, 0.3) is 0 Å². The van der Waals surface area contributed by atoms with Crippen LogP contribution in [0.1, 0.15) is 50.7 Å². The van der Waals surface area contributed by atoms with Crippen molar-refractivity contribution in [1.82, 2.24) is 0 Å². The fraction of sp³-hybridized carbons (Fsp3) is 0.600. The van der Waals surface area contributed by atoms with Crippen molar-refractivity contribution in [2.75, 3.05) is 5.75 Å². The van der Waals surface area contributed by atoms with E-state index in [2.05, 4.69) is 0 Å². The first-order valence-electron chi connectivity index (χ1n) is 9.21. The summed E-state index contributed by atoms with van der Waals surface area (Å²) in [7, 11) is -3.03. The van der Waals surface area contributed by atoms with Gasteiger partial charge >= 0.3 is 5.97 Å². The summed E-state index contributed by atoms with van der Waals surface area (Å²) in [6.45, 7) is 3.42. The molecule has 1 aliphatic rings. The van der Waals surface area contributed by atoms with Gasteiger partial charge in [0.05, 0.1) is 17.4 Å². The lowest BCUT2D eigenvalue weighted by atomic mass is 9.79. The molecule has 1 aromatic carbocycles. The van der Waals surface area contributed by atoms with Crippen molar-refractivity contribution in [3.63, 3.8) is 0 Å². The highest BCUT2D eigenvalue weighted by Crippen LogP contribution is 2.31. The number of carbonyl (C=O) groups is 2. The van der Waals surface area contributed by atoms with Crippen LogP contribution in [0.2, 0.25) is 0 Å². The Kier molecular flexibility index (Phi) is 6.98. The molecule has 0 atom stereocenters. The third-order valence-electron chi connectivity index (χ3n) is 5.21. The van der Waals surface area contributed by atoms with E-state index in [1.165, 1.54) is 0 Å². The molecule has 5 nitrogen and oxygen atoms in total. The number of sulfone groups is 1. The van der Waals surface area contributed by atoms with Crippen LogP contribution in [0, 0.1) is 11.8 Å². The van der Waals surface area contributed by atoms with E-state index < -0.39 is 15.8 Å². The first-order chi connectivity index (χ1) is 12.2. The van der Waals surface area contributed by atoms with E-state index in [0.29, 0.717) is 12.0 Å². The van der Waals surface area contributed by atoms with E-state index in [9.17, 15) is 18.0 Å². The third-order valence-corrected chi connectivity index (χ3v) is 7.59. The molecule has 0 aromatic heterocycles. The summed E-state index contributed by atoms with van der Waals surface area (Å²) in [4.78, 5) is 23.4. The van der Waals surface area contributed by atoms with Crippen molar-refractivity contribution in [1.29, 1.82) is 0 Å². The molecule has 0 saturated heterocycles. The lowest BCUT2D eigenvalue weighted by Crippen LogP contribution is -2.29. The average Bonchev–Trinajstić information content (AvgIpc) is 2.54. The summed E-state index contributed by atoms with van der Waals surface area (Å²) in [5, 5.41) is 8.53. The summed E-state index contributed by atoms with van der Waals surface area (Å²) in [6.07, 6.45) is 3.31. The highest BCUT2D eigenvalue weighted by Gasteiger charge is 2.29. The van der Waals surface area contributed by atoms with Crippen LogP contribution in [0.3, 0.4) is 0 Å². The molecule has 0 aliphatic heterocycles. The summed E-state index contributed by atoms with van der Waals surface area (Å²) in [6, 6.07) is 7.17. The second-order valence-corrected chi connectivity index (χ2v) is 10.2. The minimum Gasteiger partial charge on any atom is -0.481 e. The van der Waals surface area contributed by atoms with E-state index in [1.807, 2.05) is 6.07 Å². The second kappa shape index (κ2) is 8.80. The van der Waals surface area contributed by atoms with Gasteiger partial charge < -0.3 is 5.11 Å². The Morgan fingerprint density at radius 3 is 2.19 bits per heavy atom. The molecule has 0 amide bonds. The number of aliphatic carboxylic acids is 1. The van der Waals surface area contributed by atoms with Crippen LogP contribution < -0.4 is 0 Å². The van der Waals surface area contributed by atoms with Crippen LogP contribution in [-0.4, -0.2) is 36.3 Å². The van der Waals surface area contributed by atoms with E-state index in [4.69, 9.17) is 5.11 Å². The highest BCUT2D eigenvalue weighted by molar-refractivity contribution is 7.91. The fourth-order valence-corrected chi connectivity index (χ4v) is 4.92. The van der Waals surface area contributed by atoms with Gasteiger partial charge in [-0.3, -0.25) is 9.59 Å². The third kappa shape index (κ3) is 5.94. The van der Waals surface area contributed by atoms with Crippen LogP contribution in [0.4, 0.5) is 0 Å². The minimum absolute atomic E-state index is 0.0175. The Hall–Kier alpha value is -1.69. The molecule has 1 N–H and O–H groups in total. The van der Waals surface area contributed by atoms with Crippen LogP contribution in [0.25, 0.3) is 0 Å². The van der Waals surface area contributed by atoms with Gasteiger partial charge in [-0.15, -0.1) is 0 Å².